The lowest BCUT2D eigenvalue weighted by Crippen LogP contribution is -2.53. The lowest BCUT2D eigenvalue weighted by molar-refractivity contribution is -0.128. The third-order valence-electron chi connectivity index (χ3n) is 9.10. The van der Waals surface area contributed by atoms with Crippen molar-refractivity contribution in [3.63, 3.8) is 0 Å². The van der Waals surface area contributed by atoms with Crippen LogP contribution in [-0.4, -0.2) is 51.8 Å². The number of aromatic amines is 1. The normalized spacial score (nSPS) is 17.2. The second-order valence-corrected chi connectivity index (χ2v) is 12.2. The van der Waals surface area contributed by atoms with E-state index < -0.39 is 6.04 Å². The van der Waals surface area contributed by atoms with E-state index in [1.165, 1.54) is 24.1 Å². The highest BCUT2D eigenvalue weighted by atomic mass is 19.1. The zero-order valence-electron chi connectivity index (χ0n) is 25.1. The van der Waals surface area contributed by atoms with Gasteiger partial charge in [0, 0.05) is 37.4 Å². The molecule has 0 bridgehead atoms. The van der Waals surface area contributed by atoms with Crippen LogP contribution in [-0.2, 0) is 11.3 Å². The van der Waals surface area contributed by atoms with Crippen LogP contribution in [0.2, 0.25) is 0 Å². The molecule has 228 valence electrons. The number of nitrogens with one attached hydrogen (secondary N) is 2. The number of hydrogen-bond donors (Lipinski definition) is 2. The van der Waals surface area contributed by atoms with E-state index in [4.69, 9.17) is 0 Å². The number of benzene rings is 3. The number of halogens is 1. The minimum absolute atomic E-state index is 0.0824. The van der Waals surface area contributed by atoms with E-state index >= 15 is 0 Å². The van der Waals surface area contributed by atoms with Crippen LogP contribution in [0.3, 0.4) is 0 Å². The number of carbonyl (C=O) groups is 2. The Morgan fingerprint density at radius 1 is 0.818 bits per heavy atom. The third kappa shape index (κ3) is 7.11. The quantitative estimate of drug-likeness (QED) is 0.218. The Balaban J connectivity index is 1.32. The highest BCUT2D eigenvalue weighted by Gasteiger charge is 2.39. The van der Waals surface area contributed by atoms with Crippen LogP contribution >= 0.6 is 0 Å². The maximum absolute atomic E-state index is 14.6. The van der Waals surface area contributed by atoms with E-state index in [1.54, 1.807) is 17.0 Å². The number of nitrogens with zero attached hydrogens (tertiary/aromatic N) is 2. The summed E-state index contributed by atoms with van der Waals surface area (Å²) in [6.07, 6.45) is 6.68. The number of likely N-dealkylation sites (tertiary alicyclic amines) is 1. The molecule has 1 atom stereocenters. The molecule has 1 unspecified atom stereocenters. The number of hydrogen-bond acceptors (Lipinski definition) is 3. The van der Waals surface area contributed by atoms with Crippen molar-refractivity contribution in [1.29, 1.82) is 0 Å². The third-order valence-corrected chi connectivity index (χ3v) is 9.10. The molecule has 6 nitrogen and oxygen atoms in total. The van der Waals surface area contributed by atoms with Crippen molar-refractivity contribution in [3.05, 3.63) is 120 Å². The summed E-state index contributed by atoms with van der Waals surface area (Å²) >= 11 is 0. The number of aromatic nitrogens is 1. The molecule has 0 spiro atoms. The molecule has 1 saturated carbocycles. The first kappa shape index (κ1) is 29.8. The summed E-state index contributed by atoms with van der Waals surface area (Å²) in [6.45, 7) is 2.47. The van der Waals surface area contributed by atoms with Crippen LogP contribution in [0.5, 0.6) is 0 Å². The molecule has 1 aliphatic carbocycles. The van der Waals surface area contributed by atoms with Crippen molar-refractivity contribution in [2.45, 2.75) is 69.6 Å². The van der Waals surface area contributed by atoms with E-state index in [9.17, 15) is 14.0 Å². The van der Waals surface area contributed by atoms with Gasteiger partial charge < -0.3 is 15.2 Å². The molecule has 6 rings (SSSR count). The van der Waals surface area contributed by atoms with E-state index in [1.807, 2.05) is 48.5 Å². The summed E-state index contributed by atoms with van der Waals surface area (Å²) in [7, 11) is 0. The molecular formula is C37H41FN4O2. The van der Waals surface area contributed by atoms with Crippen molar-refractivity contribution >= 4 is 11.8 Å². The second kappa shape index (κ2) is 14.0. The van der Waals surface area contributed by atoms with Gasteiger partial charge >= 0.3 is 0 Å². The first-order valence-electron chi connectivity index (χ1n) is 15.9. The van der Waals surface area contributed by atoms with Crippen molar-refractivity contribution in [2.24, 2.45) is 0 Å². The predicted octanol–water partition coefficient (Wildman–Crippen LogP) is 7.12. The van der Waals surface area contributed by atoms with Crippen LogP contribution in [0.1, 0.15) is 72.6 Å². The molecule has 2 aliphatic rings. The van der Waals surface area contributed by atoms with Crippen molar-refractivity contribution in [3.8, 4) is 11.3 Å². The molecule has 2 heterocycles. The molecule has 1 aromatic heterocycles. The van der Waals surface area contributed by atoms with Gasteiger partial charge in [-0.1, -0.05) is 92.1 Å². The fourth-order valence-electron chi connectivity index (χ4n) is 6.75. The molecule has 2 fully saturated rings. The molecule has 2 N–H and O–H groups in total. The standard InChI is InChI=1S/C37H41FN4O2/c38-30-18-16-29(17-19-30)35(36(43)39-31-14-8-3-9-15-31)42(32-22-24-41(25-23-32)26-27-10-4-1-5-11-27)37(44)34-21-20-33(40-34)28-12-6-2-7-13-28/h1-2,4-7,10-13,16-21,31-32,35,40H,3,8-9,14-15,22-26H2,(H,39,43). The summed E-state index contributed by atoms with van der Waals surface area (Å²) in [6, 6.07) is 29.1. The Kier molecular flexibility index (Phi) is 9.51. The number of piperidine rings is 1. The Labute approximate surface area is 259 Å². The van der Waals surface area contributed by atoms with Crippen molar-refractivity contribution in [1.82, 2.24) is 20.1 Å². The molecule has 44 heavy (non-hydrogen) atoms. The number of H-pyrrole nitrogens is 1. The van der Waals surface area contributed by atoms with Gasteiger partial charge in [-0.15, -0.1) is 0 Å². The average molecular weight is 593 g/mol. The maximum atomic E-state index is 14.6. The molecular weight excluding hydrogens is 551 g/mol. The van der Waals surface area contributed by atoms with E-state index in [-0.39, 0.29) is 29.7 Å². The van der Waals surface area contributed by atoms with E-state index in [0.29, 0.717) is 11.3 Å². The highest BCUT2D eigenvalue weighted by Crippen LogP contribution is 2.32. The lowest BCUT2D eigenvalue weighted by Gasteiger charge is -2.42. The van der Waals surface area contributed by atoms with Crippen molar-refractivity contribution < 1.29 is 14.0 Å². The van der Waals surface area contributed by atoms with E-state index in [0.717, 1.165) is 69.4 Å². The minimum Gasteiger partial charge on any atom is -0.351 e. The molecule has 7 heteroatoms. The number of rotatable bonds is 9. The van der Waals surface area contributed by atoms with Gasteiger partial charge in [0.15, 0.2) is 0 Å². The molecule has 0 radical (unpaired) electrons. The maximum Gasteiger partial charge on any atom is 0.271 e. The average Bonchev–Trinajstić information content (AvgIpc) is 3.57. The molecule has 2 amide bonds. The van der Waals surface area contributed by atoms with Gasteiger partial charge in [0.2, 0.25) is 5.91 Å². The van der Waals surface area contributed by atoms with Crippen molar-refractivity contribution in [2.75, 3.05) is 13.1 Å². The summed E-state index contributed by atoms with van der Waals surface area (Å²) < 4.78 is 14.1. The van der Waals surface area contributed by atoms with Gasteiger partial charge in [-0.2, -0.15) is 0 Å². The summed E-state index contributed by atoms with van der Waals surface area (Å²) in [4.78, 5) is 36.3. The van der Waals surface area contributed by atoms with Crippen LogP contribution in [0, 0.1) is 5.82 Å². The SMILES string of the molecule is O=C(NC1CCCCC1)C(c1ccc(F)cc1)N(C(=O)c1ccc(-c2ccccc2)[nH]1)C1CCN(Cc2ccccc2)CC1. The molecule has 1 aliphatic heterocycles. The first-order chi connectivity index (χ1) is 21.5. The number of carbonyl (C=O) groups excluding carboxylic acids is 2. The van der Waals surface area contributed by atoms with Gasteiger partial charge in [0.05, 0.1) is 0 Å². The topological polar surface area (TPSA) is 68.4 Å². The number of amides is 2. The molecule has 4 aromatic rings. The summed E-state index contributed by atoms with van der Waals surface area (Å²) in [5.41, 5.74) is 4.14. The minimum atomic E-state index is -0.876. The fraction of sp³-hybridized carbons (Fsp3) is 0.351. The Morgan fingerprint density at radius 3 is 2.16 bits per heavy atom. The zero-order chi connectivity index (χ0) is 30.3. The Hall–Kier alpha value is -4.23. The zero-order valence-corrected chi connectivity index (χ0v) is 25.1. The van der Waals surface area contributed by atoms with Crippen LogP contribution < -0.4 is 5.32 Å². The fourth-order valence-corrected chi connectivity index (χ4v) is 6.75. The second-order valence-electron chi connectivity index (χ2n) is 12.2. The Morgan fingerprint density at radius 2 is 1.48 bits per heavy atom. The smallest absolute Gasteiger partial charge is 0.271 e. The van der Waals surface area contributed by atoms with E-state index in [2.05, 4.69) is 39.5 Å². The Bertz CT molecular complexity index is 1510. The van der Waals surface area contributed by atoms with Gasteiger partial charge in [0.25, 0.3) is 5.91 Å². The molecule has 3 aromatic carbocycles. The summed E-state index contributed by atoms with van der Waals surface area (Å²) in [5.74, 6) is -0.788. The largest absolute Gasteiger partial charge is 0.351 e. The highest BCUT2D eigenvalue weighted by molar-refractivity contribution is 5.97. The predicted molar refractivity (Wildman–Crippen MR) is 171 cm³/mol. The van der Waals surface area contributed by atoms with Gasteiger partial charge in [-0.3, -0.25) is 14.5 Å². The summed E-state index contributed by atoms with van der Waals surface area (Å²) in [5, 5.41) is 3.28. The van der Waals surface area contributed by atoms with Gasteiger partial charge in [-0.05, 0) is 66.6 Å². The van der Waals surface area contributed by atoms with Crippen LogP contribution in [0.15, 0.2) is 97.1 Å². The monoisotopic (exact) mass is 592 g/mol. The lowest BCUT2D eigenvalue weighted by atomic mass is 9.93. The van der Waals surface area contributed by atoms with Crippen LogP contribution in [0.4, 0.5) is 4.39 Å². The van der Waals surface area contributed by atoms with Gasteiger partial charge in [-0.25, -0.2) is 4.39 Å². The van der Waals surface area contributed by atoms with Gasteiger partial charge in [0.1, 0.15) is 17.6 Å². The first-order valence-corrected chi connectivity index (χ1v) is 15.9. The molecule has 1 saturated heterocycles. The van der Waals surface area contributed by atoms with Crippen LogP contribution in [0.25, 0.3) is 11.3 Å².